The SMILES string of the molecule is c1ccc(-c2ccc(N(c3ccc(-c4ccccc4)cc3)c3ccc(-c4cccc5ccc6c(-c7cccc8ccccc78)c7ccccc7n6c45)cc3)cc2)cc1. The molecule has 0 radical (unpaired) electrons. The van der Waals surface area contributed by atoms with Gasteiger partial charge in [0.1, 0.15) is 0 Å². The van der Waals surface area contributed by atoms with Crippen LogP contribution in [-0.2, 0) is 0 Å². The fourth-order valence-corrected chi connectivity index (χ4v) is 8.84. The molecule has 2 heteroatoms. The van der Waals surface area contributed by atoms with Crippen LogP contribution < -0.4 is 4.90 Å². The van der Waals surface area contributed by atoms with E-state index in [-0.39, 0.29) is 0 Å². The lowest BCUT2D eigenvalue weighted by Crippen LogP contribution is -2.09. The van der Waals surface area contributed by atoms with Gasteiger partial charge in [-0.1, -0.05) is 182 Å². The van der Waals surface area contributed by atoms with E-state index in [9.17, 15) is 0 Å². The highest BCUT2D eigenvalue weighted by atomic mass is 15.1. The summed E-state index contributed by atoms with van der Waals surface area (Å²) in [5.74, 6) is 0. The minimum absolute atomic E-state index is 1.10. The Morgan fingerprint density at radius 2 is 0.741 bits per heavy atom. The Hall–Kier alpha value is -7.68. The molecule has 0 atom stereocenters. The van der Waals surface area contributed by atoms with Gasteiger partial charge in [0.2, 0.25) is 0 Å². The first-order valence-electron chi connectivity index (χ1n) is 19.9. The number of hydrogen-bond acceptors (Lipinski definition) is 1. The molecule has 0 aliphatic heterocycles. The lowest BCUT2D eigenvalue weighted by molar-refractivity contribution is 1.28. The average Bonchev–Trinajstić information content (AvgIpc) is 3.64. The fraction of sp³-hybridized carbons (Fsp3) is 0. The number of benzene rings is 9. The van der Waals surface area contributed by atoms with E-state index in [0.29, 0.717) is 0 Å². The maximum absolute atomic E-state index is 2.49. The van der Waals surface area contributed by atoms with E-state index in [2.05, 4.69) is 240 Å². The highest BCUT2D eigenvalue weighted by Crippen LogP contribution is 2.43. The molecule has 11 aromatic rings. The van der Waals surface area contributed by atoms with Crippen molar-refractivity contribution < 1.29 is 0 Å². The lowest BCUT2D eigenvalue weighted by atomic mass is 9.96. The summed E-state index contributed by atoms with van der Waals surface area (Å²) in [4.78, 5) is 2.35. The molecule has 0 N–H and O–H groups in total. The number of nitrogens with zero attached hydrogens (tertiary/aromatic N) is 2. The monoisotopic (exact) mass is 738 g/mol. The van der Waals surface area contributed by atoms with E-state index in [1.807, 2.05) is 0 Å². The van der Waals surface area contributed by atoms with Crippen LogP contribution in [0, 0.1) is 0 Å². The minimum Gasteiger partial charge on any atom is -0.311 e. The Morgan fingerprint density at radius 3 is 1.36 bits per heavy atom. The predicted molar refractivity (Wildman–Crippen MR) is 246 cm³/mol. The zero-order valence-electron chi connectivity index (χ0n) is 31.8. The van der Waals surface area contributed by atoms with Crippen molar-refractivity contribution in [3.63, 3.8) is 0 Å². The topological polar surface area (TPSA) is 7.65 Å². The highest BCUT2D eigenvalue weighted by molar-refractivity contribution is 6.14. The largest absolute Gasteiger partial charge is 0.311 e. The molecule has 58 heavy (non-hydrogen) atoms. The molecule has 0 aliphatic carbocycles. The molecule has 0 amide bonds. The summed E-state index contributed by atoms with van der Waals surface area (Å²) < 4.78 is 2.49. The lowest BCUT2D eigenvalue weighted by Gasteiger charge is -2.26. The third kappa shape index (κ3) is 5.74. The van der Waals surface area contributed by atoms with Crippen LogP contribution in [0.15, 0.2) is 231 Å². The van der Waals surface area contributed by atoms with Crippen LogP contribution in [0.4, 0.5) is 17.1 Å². The van der Waals surface area contributed by atoms with Gasteiger partial charge in [-0.2, -0.15) is 0 Å². The number of aromatic nitrogens is 1. The number of rotatable bonds is 7. The molecular formula is C56H38N2. The summed E-state index contributed by atoms with van der Waals surface area (Å²) in [5.41, 5.74) is 16.6. The standard InChI is InChI=1S/C56H38N2/c1-3-13-39(14-4-1)41-25-32-46(33-26-41)57(47-34-27-42(28-35-47)40-15-5-2-6-16-40)48-36-29-44(30-37-48)50-22-12-19-45-31-38-54-55(51-23-11-18-43-17-7-8-20-49(43)51)52-21-9-10-24-53(52)58(54)56(45)50/h1-38H. The van der Waals surface area contributed by atoms with Crippen molar-refractivity contribution in [2.75, 3.05) is 4.90 Å². The predicted octanol–water partition coefficient (Wildman–Crippen LogP) is 15.5. The third-order valence-corrected chi connectivity index (χ3v) is 11.6. The first kappa shape index (κ1) is 33.6. The molecule has 2 heterocycles. The molecule has 0 unspecified atom stereocenters. The minimum atomic E-state index is 1.10. The van der Waals surface area contributed by atoms with Crippen LogP contribution in [0.25, 0.3) is 82.6 Å². The van der Waals surface area contributed by atoms with Gasteiger partial charge in [0.15, 0.2) is 0 Å². The summed E-state index contributed by atoms with van der Waals surface area (Å²) in [7, 11) is 0. The molecule has 9 aromatic carbocycles. The fourth-order valence-electron chi connectivity index (χ4n) is 8.84. The van der Waals surface area contributed by atoms with Gasteiger partial charge in [-0.15, -0.1) is 0 Å². The van der Waals surface area contributed by atoms with Crippen molar-refractivity contribution in [2.24, 2.45) is 0 Å². The van der Waals surface area contributed by atoms with Crippen molar-refractivity contribution in [3.05, 3.63) is 231 Å². The third-order valence-electron chi connectivity index (χ3n) is 11.6. The van der Waals surface area contributed by atoms with Gasteiger partial charge in [0, 0.05) is 33.6 Å². The van der Waals surface area contributed by atoms with Gasteiger partial charge in [-0.25, -0.2) is 0 Å². The molecule has 272 valence electrons. The Kier molecular flexibility index (Phi) is 8.19. The van der Waals surface area contributed by atoms with Gasteiger partial charge in [0.25, 0.3) is 0 Å². The molecule has 0 saturated carbocycles. The Labute approximate surface area is 338 Å². The van der Waals surface area contributed by atoms with Crippen LogP contribution in [-0.4, -0.2) is 4.40 Å². The second kappa shape index (κ2) is 14.1. The van der Waals surface area contributed by atoms with E-state index in [1.54, 1.807) is 0 Å². The molecule has 0 fully saturated rings. The number of anilines is 3. The van der Waals surface area contributed by atoms with Gasteiger partial charge >= 0.3 is 0 Å². The first-order valence-corrected chi connectivity index (χ1v) is 19.9. The van der Waals surface area contributed by atoms with Gasteiger partial charge in [-0.3, -0.25) is 0 Å². The van der Waals surface area contributed by atoms with Crippen LogP contribution in [0.5, 0.6) is 0 Å². The average molecular weight is 739 g/mol. The van der Waals surface area contributed by atoms with Crippen LogP contribution in [0.3, 0.4) is 0 Å². The summed E-state index contributed by atoms with van der Waals surface area (Å²) in [6.45, 7) is 0. The van der Waals surface area contributed by atoms with E-state index in [4.69, 9.17) is 0 Å². The van der Waals surface area contributed by atoms with Crippen LogP contribution in [0.1, 0.15) is 0 Å². The Balaban J connectivity index is 1.05. The smallest absolute Gasteiger partial charge is 0.0612 e. The van der Waals surface area contributed by atoms with Crippen molar-refractivity contribution in [3.8, 4) is 44.5 Å². The zero-order chi connectivity index (χ0) is 38.4. The molecule has 0 aliphatic rings. The maximum Gasteiger partial charge on any atom is 0.0612 e. The maximum atomic E-state index is 2.49. The quantitative estimate of drug-likeness (QED) is 0.158. The summed E-state index contributed by atoms with van der Waals surface area (Å²) in [5, 5.41) is 4.97. The summed E-state index contributed by atoms with van der Waals surface area (Å²) in [6.07, 6.45) is 0. The van der Waals surface area contributed by atoms with Crippen molar-refractivity contribution >= 4 is 55.2 Å². The van der Waals surface area contributed by atoms with Gasteiger partial charge in [0.05, 0.1) is 16.6 Å². The number of hydrogen-bond donors (Lipinski definition) is 0. The summed E-state index contributed by atoms with van der Waals surface area (Å²) in [6, 6.07) is 83.6. The number of fused-ring (bicyclic) bond motifs is 6. The van der Waals surface area contributed by atoms with E-state index < -0.39 is 0 Å². The van der Waals surface area contributed by atoms with Crippen molar-refractivity contribution in [1.82, 2.24) is 4.40 Å². The molecular weight excluding hydrogens is 701 g/mol. The number of para-hydroxylation sites is 2. The molecule has 0 saturated heterocycles. The van der Waals surface area contributed by atoms with E-state index in [0.717, 1.165) is 17.1 Å². The normalized spacial score (nSPS) is 11.4. The van der Waals surface area contributed by atoms with E-state index >= 15 is 0 Å². The highest BCUT2D eigenvalue weighted by Gasteiger charge is 2.20. The second-order valence-corrected chi connectivity index (χ2v) is 14.9. The van der Waals surface area contributed by atoms with Crippen molar-refractivity contribution in [2.45, 2.75) is 0 Å². The van der Waals surface area contributed by atoms with Crippen LogP contribution in [0.2, 0.25) is 0 Å². The molecule has 0 bridgehead atoms. The zero-order valence-corrected chi connectivity index (χ0v) is 31.8. The molecule has 2 aromatic heterocycles. The Bertz CT molecular complexity index is 3150. The molecule has 11 rings (SSSR count). The first-order chi connectivity index (χ1) is 28.8. The van der Waals surface area contributed by atoms with Crippen LogP contribution >= 0.6 is 0 Å². The molecule has 0 spiro atoms. The Morgan fingerprint density at radius 1 is 0.276 bits per heavy atom. The molecule has 2 nitrogen and oxygen atoms in total. The van der Waals surface area contributed by atoms with Gasteiger partial charge < -0.3 is 9.30 Å². The van der Waals surface area contributed by atoms with E-state index in [1.165, 1.54) is 82.6 Å². The summed E-state index contributed by atoms with van der Waals surface area (Å²) >= 11 is 0. The second-order valence-electron chi connectivity index (χ2n) is 14.9. The van der Waals surface area contributed by atoms with Gasteiger partial charge in [-0.05, 0) is 98.1 Å². The van der Waals surface area contributed by atoms with Crippen molar-refractivity contribution in [1.29, 1.82) is 0 Å². The number of pyridine rings is 1.